The van der Waals surface area contributed by atoms with Crippen molar-refractivity contribution in [1.82, 2.24) is 9.88 Å². The molecule has 0 radical (unpaired) electrons. The normalized spacial score (nSPS) is 15.5. The molecule has 1 unspecified atom stereocenters. The second-order valence-corrected chi connectivity index (χ2v) is 8.16. The smallest absolute Gasteiger partial charge is 0.254 e. The van der Waals surface area contributed by atoms with Crippen molar-refractivity contribution in [2.75, 3.05) is 13.2 Å². The molecular formula is C27H30N2O3. The summed E-state index contributed by atoms with van der Waals surface area (Å²) in [5.41, 5.74) is 4.04. The van der Waals surface area contributed by atoms with Crippen molar-refractivity contribution in [3.8, 4) is 5.75 Å². The van der Waals surface area contributed by atoms with Gasteiger partial charge in [0.2, 0.25) is 0 Å². The molecule has 4 rings (SSSR count). The highest BCUT2D eigenvalue weighted by atomic mass is 16.5. The Kier molecular flexibility index (Phi) is 7.51. The van der Waals surface area contributed by atoms with Gasteiger partial charge in [0.15, 0.2) is 0 Å². The zero-order valence-electron chi connectivity index (χ0n) is 18.6. The van der Waals surface area contributed by atoms with Crippen LogP contribution in [0.25, 0.3) is 0 Å². The fourth-order valence-electron chi connectivity index (χ4n) is 3.85. The molecule has 3 aromatic rings. The van der Waals surface area contributed by atoms with Gasteiger partial charge >= 0.3 is 0 Å². The topological polar surface area (TPSA) is 51.7 Å². The van der Waals surface area contributed by atoms with Crippen molar-refractivity contribution < 1.29 is 14.3 Å². The number of rotatable bonds is 9. The van der Waals surface area contributed by atoms with Crippen LogP contribution < -0.4 is 4.74 Å². The molecule has 5 nitrogen and oxygen atoms in total. The van der Waals surface area contributed by atoms with Gasteiger partial charge in [0.25, 0.3) is 5.91 Å². The second-order valence-electron chi connectivity index (χ2n) is 8.16. The van der Waals surface area contributed by atoms with E-state index in [0.717, 1.165) is 42.7 Å². The molecule has 166 valence electrons. The lowest BCUT2D eigenvalue weighted by Gasteiger charge is -2.23. The van der Waals surface area contributed by atoms with E-state index < -0.39 is 0 Å². The maximum absolute atomic E-state index is 13.4. The molecule has 1 aliphatic heterocycles. The number of hydrogen-bond donors (Lipinski definition) is 0. The number of amides is 1. The molecule has 1 amide bonds. The van der Waals surface area contributed by atoms with Crippen LogP contribution in [0.4, 0.5) is 0 Å². The predicted molar refractivity (Wildman–Crippen MR) is 125 cm³/mol. The Labute approximate surface area is 190 Å². The lowest BCUT2D eigenvalue weighted by Crippen LogP contribution is -2.30. The maximum atomic E-state index is 13.4. The third kappa shape index (κ3) is 5.95. The first-order valence-electron chi connectivity index (χ1n) is 11.3. The maximum Gasteiger partial charge on any atom is 0.254 e. The van der Waals surface area contributed by atoms with E-state index >= 15 is 0 Å². The van der Waals surface area contributed by atoms with Gasteiger partial charge in [-0.25, -0.2) is 0 Å². The van der Waals surface area contributed by atoms with Gasteiger partial charge in [-0.05, 0) is 66.3 Å². The SMILES string of the molecule is CCc1ccc(CN(Cc2cccnc2)C(=O)c2ccc(OCC3CCCO3)cc2)cc1. The van der Waals surface area contributed by atoms with Crippen molar-refractivity contribution in [1.29, 1.82) is 0 Å². The lowest BCUT2D eigenvalue weighted by molar-refractivity contribution is 0.0678. The molecular weight excluding hydrogens is 400 g/mol. The quantitative estimate of drug-likeness (QED) is 0.477. The number of carbonyl (C=O) groups is 1. The van der Waals surface area contributed by atoms with Crippen LogP contribution in [0.15, 0.2) is 73.1 Å². The monoisotopic (exact) mass is 430 g/mol. The molecule has 1 aliphatic rings. The summed E-state index contributed by atoms with van der Waals surface area (Å²) in [5.74, 6) is 0.741. The molecule has 0 spiro atoms. The Hall–Kier alpha value is -3.18. The average Bonchev–Trinajstić information content (AvgIpc) is 3.37. The molecule has 0 aliphatic carbocycles. The van der Waals surface area contributed by atoms with Gasteiger partial charge in [-0.15, -0.1) is 0 Å². The first-order chi connectivity index (χ1) is 15.7. The lowest BCUT2D eigenvalue weighted by atomic mass is 10.1. The van der Waals surface area contributed by atoms with Crippen molar-refractivity contribution in [3.05, 3.63) is 95.3 Å². The Morgan fingerprint density at radius 1 is 1.03 bits per heavy atom. The van der Waals surface area contributed by atoms with E-state index in [9.17, 15) is 4.79 Å². The zero-order valence-corrected chi connectivity index (χ0v) is 18.6. The molecule has 5 heteroatoms. The molecule has 2 aromatic carbocycles. The molecule has 1 saturated heterocycles. The standard InChI is InChI=1S/C27H30N2O3/c1-2-21-7-9-22(10-8-21)18-29(19-23-5-3-15-28-17-23)27(30)24-11-13-25(14-12-24)32-20-26-6-4-16-31-26/h3,5,7-15,17,26H,2,4,6,16,18-20H2,1H3. The Morgan fingerprint density at radius 3 is 2.44 bits per heavy atom. The van der Waals surface area contributed by atoms with E-state index in [4.69, 9.17) is 9.47 Å². The van der Waals surface area contributed by atoms with Crippen LogP contribution in [0.3, 0.4) is 0 Å². The number of carbonyl (C=O) groups excluding carboxylic acids is 1. The van der Waals surface area contributed by atoms with Gasteiger partial charge in [0, 0.05) is 37.7 Å². The van der Waals surface area contributed by atoms with Crippen molar-refractivity contribution >= 4 is 5.91 Å². The van der Waals surface area contributed by atoms with E-state index in [1.807, 2.05) is 47.5 Å². The largest absolute Gasteiger partial charge is 0.491 e. The highest BCUT2D eigenvalue weighted by Crippen LogP contribution is 2.19. The minimum Gasteiger partial charge on any atom is -0.491 e. The minimum absolute atomic E-state index is 0.0147. The first kappa shape index (κ1) is 22.0. The fourth-order valence-corrected chi connectivity index (χ4v) is 3.85. The first-order valence-corrected chi connectivity index (χ1v) is 11.3. The molecule has 32 heavy (non-hydrogen) atoms. The highest BCUT2D eigenvalue weighted by Gasteiger charge is 2.18. The van der Waals surface area contributed by atoms with Crippen molar-refractivity contribution in [3.63, 3.8) is 0 Å². The van der Waals surface area contributed by atoms with Gasteiger partial charge in [0.1, 0.15) is 12.4 Å². The third-order valence-electron chi connectivity index (χ3n) is 5.75. The van der Waals surface area contributed by atoms with Gasteiger partial charge in [-0.2, -0.15) is 0 Å². The van der Waals surface area contributed by atoms with Crippen LogP contribution in [-0.2, 0) is 24.2 Å². The van der Waals surface area contributed by atoms with Crippen LogP contribution >= 0.6 is 0 Å². The van der Waals surface area contributed by atoms with Crippen LogP contribution in [0.2, 0.25) is 0 Å². The molecule has 0 N–H and O–H groups in total. The van der Waals surface area contributed by atoms with Gasteiger partial charge in [0.05, 0.1) is 6.10 Å². The Morgan fingerprint density at radius 2 is 1.78 bits per heavy atom. The summed E-state index contributed by atoms with van der Waals surface area (Å²) in [6.45, 7) is 4.54. The summed E-state index contributed by atoms with van der Waals surface area (Å²) in [7, 11) is 0. The van der Waals surface area contributed by atoms with E-state index in [2.05, 4.69) is 36.2 Å². The van der Waals surface area contributed by atoms with Crippen molar-refractivity contribution in [2.24, 2.45) is 0 Å². The van der Waals surface area contributed by atoms with Gasteiger partial charge < -0.3 is 14.4 Å². The van der Waals surface area contributed by atoms with Gasteiger partial charge in [-0.3, -0.25) is 9.78 Å². The Bertz CT molecular complexity index is 982. The summed E-state index contributed by atoms with van der Waals surface area (Å²) < 4.78 is 11.4. The van der Waals surface area contributed by atoms with Gasteiger partial charge in [-0.1, -0.05) is 37.3 Å². The highest BCUT2D eigenvalue weighted by molar-refractivity contribution is 5.94. The zero-order chi connectivity index (χ0) is 22.2. The number of benzene rings is 2. The van der Waals surface area contributed by atoms with E-state index in [1.165, 1.54) is 5.56 Å². The Balaban J connectivity index is 1.46. The van der Waals surface area contributed by atoms with E-state index in [0.29, 0.717) is 25.3 Å². The molecule has 1 aromatic heterocycles. The van der Waals surface area contributed by atoms with Crippen molar-refractivity contribution in [2.45, 2.75) is 45.4 Å². The van der Waals surface area contributed by atoms with Crippen LogP contribution in [0.1, 0.15) is 46.8 Å². The number of aryl methyl sites for hydroxylation is 1. The van der Waals surface area contributed by atoms with Crippen LogP contribution in [0, 0.1) is 0 Å². The average molecular weight is 431 g/mol. The summed E-state index contributed by atoms with van der Waals surface area (Å²) in [6.07, 6.45) is 6.86. The molecule has 2 heterocycles. The van der Waals surface area contributed by atoms with E-state index in [1.54, 1.807) is 6.20 Å². The molecule has 0 saturated carbocycles. The fraction of sp³-hybridized carbons (Fsp3) is 0.333. The summed E-state index contributed by atoms with van der Waals surface area (Å²) in [6, 6.07) is 19.7. The number of pyridine rings is 1. The molecule has 1 atom stereocenters. The summed E-state index contributed by atoms with van der Waals surface area (Å²) in [4.78, 5) is 19.5. The second kappa shape index (κ2) is 10.9. The predicted octanol–water partition coefficient (Wildman–Crippen LogP) is 5.04. The molecule has 1 fully saturated rings. The van der Waals surface area contributed by atoms with Crippen LogP contribution in [-0.4, -0.2) is 35.1 Å². The third-order valence-corrected chi connectivity index (χ3v) is 5.75. The summed E-state index contributed by atoms with van der Waals surface area (Å²) in [5, 5.41) is 0. The number of nitrogens with zero attached hydrogens (tertiary/aromatic N) is 2. The summed E-state index contributed by atoms with van der Waals surface area (Å²) >= 11 is 0. The van der Waals surface area contributed by atoms with E-state index in [-0.39, 0.29) is 12.0 Å². The number of ether oxygens (including phenoxy) is 2. The minimum atomic E-state index is -0.0147. The molecule has 0 bridgehead atoms. The number of hydrogen-bond acceptors (Lipinski definition) is 4. The van der Waals surface area contributed by atoms with Crippen LogP contribution in [0.5, 0.6) is 5.75 Å². The number of aromatic nitrogens is 1.